The van der Waals surface area contributed by atoms with E-state index in [9.17, 15) is 8.42 Å². The highest BCUT2D eigenvalue weighted by Crippen LogP contribution is 2.12. The molecule has 0 amide bonds. The standard InChI is InChI=1S/C11H18N2O2S/c1-4-13(5-2)16(14,15)12-11-8-6-10(3)7-9-11/h6-9,12H,4-5H2,1-3H3. The van der Waals surface area contributed by atoms with E-state index in [-0.39, 0.29) is 0 Å². The number of anilines is 1. The van der Waals surface area contributed by atoms with Gasteiger partial charge < -0.3 is 0 Å². The van der Waals surface area contributed by atoms with Crippen LogP contribution < -0.4 is 4.72 Å². The van der Waals surface area contributed by atoms with Gasteiger partial charge in [-0.25, -0.2) is 0 Å². The van der Waals surface area contributed by atoms with E-state index in [2.05, 4.69) is 4.72 Å². The second kappa shape index (κ2) is 5.32. The molecule has 90 valence electrons. The molecule has 0 aliphatic heterocycles. The van der Waals surface area contributed by atoms with Crippen molar-refractivity contribution in [3.63, 3.8) is 0 Å². The molecule has 0 heterocycles. The largest absolute Gasteiger partial charge is 0.301 e. The maximum atomic E-state index is 11.9. The molecule has 1 aromatic carbocycles. The maximum Gasteiger partial charge on any atom is 0.301 e. The van der Waals surface area contributed by atoms with Crippen LogP contribution in [0.25, 0.3) is 0 Å². The van der Waals surface area contributed by atoms with Crippen LogP contribution in [0.1, 0.15) is 19.4 Å². The summed E-state index contributed by atoms with van der Waals surface area (Å²) in [7, 11) is -3.41. The Hall–Kier alpha value is -1.07. The molecule has 0 spiro atoms. The quantitative estimate of drug-likeness (QED) is 0.858. The van der Waals surface area contributed by atoms with Gasteiger partial charge in [-0.05, 0) is 19.1 Å². The van der Waals surface area contributed by atoms with Crippen LogP contribution in [-0.4, -0.2) is 25.8 Å². The third-order valence-electron chi connectivity index (χ3n) is 2.34. The Morgan fingerprint density at radius 1 is 1.12 bits per heavy atom. The van der Waals surface area contributed by atoms with Crippen molar-refractivity contribution in [3.05, 3.63) is 29.8 Å². The fourth-order valence-corrected chi connectivity index (χ4v) is 2.64. The lowest BCUT2D eigenvalue weighted by Gasteiger charge is -2.19. The van der Waals surface area contributed by atoms with Gasteiger partial charge in [0.2, 0.25) is 0 Å². The van der Waals surface area contributed by atoms with Gasteiger partial charge in [0.1, 0.15) is 0 Å². The average molecular weight is 242 g/mol. The predicted molar refractivity (Wildman–Crippen MR) is 66.6 cm³/mol. The van der Waals surface area contributed by atoms with Gasteiger partial charge >= 0.3 is 10.2 Å². The molecule has 0 aliphatic carbocycles. The van der Waals surface area contributed by atoms with Crippen molar-refractivity contribution >= 4 is 15.9 Å². The van der Waals surface area contributed by atoms with Crippen molar-refractivity contribution in [3.8, 4) is 0 Å². The van der Waals surface area contributed by atoms with Crippen LogP contribution in [0.5, 0.6) is 0 Å². The molecule has 1 aromatic rings. The Kier molecular flexibility index (Phi) is 4.32. The first-order valence-corrected chi connectivity index (χ1v) is 6.78. The monoisotopic (exact) mass is 242 g/mol. The first-order valence-electron chi connectivity index (χ1n) is 5.34. The minimum atomic E-state index is -3.41. The minimum Gasteiger partial charge on any atom is -0.271 e. The van der Waals surface area contributed by atoms with Gasteiger partial charge in [-0.1, -0.05) is 31.5 Å². The van der Waals surface area contributed by atoms with Gasteiger partial charge in [0.15, 0.2) is 0 Å². The molecule has 1 N–H and O–H groups in total. The Morgan fingerprint density at radius 2 is 1.62 bits per heavy atom. The van der Waals surface area contributed by atoms with E-state index in [4.69, 9.17) is 0 Å². The molecule has 0 atom stereocenters. The number of hydrogen-bond acceptors (Lipinski definition) is 2. The van der Waals surface area contributed by atoms with E-state index >= 15 is 0 Å². The second-order valence-electron chi connectivity index (χ2n) is 3.56. The fraction of sp³-hybridized carbons (Fsp3) is 0.455. The summed E-state index contributed by atoms with van der Waals surface area (Å²) in [6.45, 7) is 6.54. The van der Waals surface area contributed by atoms with Gasteiger partial charge in [-0.2, -0.15) is 12.7 Å². The number of hydrogen-bond donors (Lipinski definition) is 1. The highest BCUT2D eigenvalue weighted by molar-refractivity contribution is 7.90. The van der Waals surface area contributed by atoms with Crippen molar-refractivity contribution < 1.29 is 8.42 Å². The highest BCUT2D eigenvalue weighted by Gasteiger charge is 2.17. The zero-order chi connectivity index (χ0) is 12.2. The van der Waals surface area contributed by atoms with Crippen LogP contribution >= 0.6 is 0 Å². The molecule has 0 saturated heterocycles. The van der Waals surface area contributed by atoms with E-state index < -0.39 is 10.2 Å². The molecule has 5 heteroatoms. The summed E-state index contributed by atoms with van der Waals surface area (Å²) >= 11 is 0. The smallest absolute Gasteiger partial charge is 0.271 e. The number of aryl methyl sites for hydroxylation is 1. The second-order valence-corrected chi connectivity index (χ2v) is 5.23. The first-order chi connectivity index (χ1) is 7.49. The van der Waals surface area contributed by atoms with Crippen molar-refractivity contribution in [2.75, 3.05) is 17.8 Å². The van der Waals surface area contributed by atoms with E-state index in [1.54, 1.807) is 12.1 Å². The van der Waals surface area contributed by atoms with Gasteiger partial charge in [-0.15, -0.1) is 0 Å². The van der Waals surface area contributed by atoms with Crippen molar-refractivity contribution in [2.24, 2.45) is 0 Å². The highest BCUT2D eigenvalue weighted by atomic mass is 32.2. The van der Waals surface area contributed by atoms with Crippen LogP contribution in [0.3, 0.4) is 0 Å². The first kappa shape index (κ1) is 13.0. The Bertz CT molecular complexity index is 422. The van der Waals surface area contributed by atoms with Crippen LogP contribution in [0.15, 0.2) is 24.3 Å². The lowest BCUT2D eigenvalue weighted by molar-refractivity contribution is 0.449. The van der Waals surface area contributed by atoms with Crippen LogP contribution in [-0.2, 0) is 10.2 Å². The van der Waals surface area contributed by atoms with Gasteiger partial charge in [0.05, 0.1) is 0 Å². The number of nitrogens with zero attached hydrogens (tertiary/aromatic N) is 1. The summed E-state index contributed by atoms with van der Waals surface area (Å²) < 4.78 is 27.7. The number of benzene rings is 1. The zero-order valence-corrected chi connectivity index (χ0v) is 10.7. The topological polar surface area (TPSA) is 49.4 Å². The molecule has 4 nitrogen and oxygen atoms in total. The van der Waals surface area contributed by atoms with E-state index in [0.717, 1.165) is 5.56 Å². The summed E-state index contributed by atoms with van der Waals surface area (Å²) in [6, 6.07) is 7.27. The molecular formula is C11H18N2O2S. The molecule has 0 unspecified atom stereocenters. The summed E-state index contributed by atoms with van der Waals surface area (Å²) in [5.41, 5.74) is 1.70. The molecule has 0 aromatic heterocycles. The normalized spacial score (nSPS) is 11.8. The lowest BCUT2D eigenvalue weighted by atomic mass is 10.2. The molecule has 0 bridgehead atoms. The van der Waals surface area contributed by atoms with E-state index in [1.165, 1.54) is 4.31 Å². The van der Waals surface area contributed by atoms with Crippen LogP contribution in [0.4, 0.5) is 5.69 Å². The van der Waals surface area contributed by atoms with Crippen LogP contribution in [0, 0.1) is 6.92 Å². The third-order valence-corrected chi connectivity index (χ3v) is 4.03. The molecule has 0 aliphatic rings. The Balaban J connectivity index is 2.84. The van der Waals surface area contributed by atoms with Gasteiger partial charge in [0.25, 0.3) is 0 Å². The molecule has 0 saturated carbocycles. The molecule has 1 rings (SSSR count). The minimum absolute atomic E-state index is 0.470. The SMILES string of the molecule is CCN(CC)S(=O)(=O)Nc1ccc(C)cc1. The molecular weight excluding hydrogens is 224 g/mol. The van der Waals surface area contributed by atoms with Crippen molar-refractivity contribution in [1.29, 1.82) is 0 Å². The van der Waals surface area contributed by atoms with Crippen molar-refractivity contribution in [1.82, 2.24) is 4.31 Å². The predicted octanol–water partition coefficient (Wildman–Crippen LogP) is 1.99. The summed E-state index contributed by atoms with van der Waals surface area (Å²) in [5, 5.41) is 0. The lowest BCUT2D eigenvalue weighted by Crippen LogP contribution is -2.35. The van der Waals surface area contributed by atoms with Crippen molar-refractivity contribution in [2.45, 2.75) is 20.8 Å². The van der Waals surface area contributed by atoms with Crippen LogP contribution in [0.2, 0.25) is 0 Å². The fourth-order valence-electron chi connectivity index (χ4n) is 1.40. The van der Waals surface area contributed by atoms with E-state index in [1.807, 2.05) is 32.9 Å². The van der Waals surface area contributed by atoms with Gasteiger partial charge in [-0.3, -0.25) is 4.72 Å². The van der Waals surface area contributed by atoms with Gasteiger partial charge in [0, 0.05) is 18.8 Å². The number of rotatable bonds is 5. The summed E-state index contributed by atoms with van der Waals surface area (Å²) in [4.78, 5) is 0. The Morgan fingerprint density at radius 3 is 2.06 bits per heavy atom. The molecule has 0 radical (unpaired) electrons. The average Bonchev–Trinajstić information content (AvgIpc) is 2.22. The zero-order valence-electron chi connectivity index (χ0n) is 9.90. The Labute approximate surface area is 97.5 Å². The summed E-state index contributed by atoms with van der Waals surface area (Å²) in [6.07, 6.45) is 0. The maximum absolute atomic E-state index is 11.9. The summed E-state index contributed by atoms with van der Waals surface area (Å²) in [5.74, 6) is 0. The third kappa shape index (κ3) is 3.21. The van der Waals surface area contributed by atoms with E-state index in [0.29, 0.717) is 18.8 Å². The molecule has 0 fully saturated rings. The number of nitrogens with one attached hydrogen (secondary N) is 1. The molecule has 16 heavy (non-hydrogen) atoms.